The van der Waals surface area contributed by atoms with E-state index in [9.17, 15) is 9.90 Å². The predicted octanol–water partition coefficient (Wildman–Crippen LogP) is 2.79. The van der Waals surface area contributed by atoms with Crippen molar-refractivity contribution in [2.24, 2.45) is 0 Å². The molecule has 1 aromatic carbocycles. The molecule has 5 nitrogen and oxygen atoms in total. The number of hydrogen-bond acceptors (Lipinski definition) is 4. The molecule has 0 radical (unpaired) electrons. The highest BCUT2D eigenvalue weighted by Gasteiger charge is 2.20. The van der Waals surface area contributed by atoms with Crippen molar-refractivity contribution < 1.29 is 19.4 Å². The van der Waals surface area contributed by atoms with Gasteiger partial charge in [0.1, 0.15) is 6.04 Å². The maximum absolute atomic E-state index is 11.2. The quantitative estimate of drug-likeness (QED) is 0.734. The van der Waals surface area contributed by atoms with Crippen molar-refractivity contribution in [2.45, 2.75) is 52.1 Å². The molecule has 0 spiro atoms. The van der Waals surface area contributed by atoms with Crippen LogP contribution in [0.25, 0.3) is 0 Å². The van der Waals surface area contributed by atoms with Crippen LogP contribution in [0.15, 0.2) is 12.1 Å². The first-order valence-corrected chi connectivity index (χ1v) is 7.63. The van der Waals surface area contributed by atoms with Crippen LogP contribution >= 0.6 is 0 Å². The molecule has 2 unspecified atom stereocenters. The van der Waals surface area contributed by atoms with Gasteiger partial charge in [0.2, 0.25) is 0 Å². The molecule has 0 aliphatic heterocycles. The van der Waals surface area contributed by atoms with Crippen LogP contribution in [0.5, 0.6) is 11.5 Å². The van der Waals surface area contributed by atoms with Crippen molar-refractivity contribution in [2.75, 3.05) is 14.2 Å². The number of carboxylic acid groups (broad SMARTS) is 1. The Morgan fingerprint density at radius 3 is 2.50 bits per heavy atom. The Bertz CT molecular complexity index is 502. The lowest BCUT2D eigenvalue weighted by molar-refractivity contribution is -0.139. The summed E-state index contributed by atoms with van der Waals surface area (Å²) in [5.74, 6) is 0.645. The van der Waals surface area contributed by atoms with E-state index in [0.717, 1.165) is 29.7 Å². The van der Waals surface area contributed by atoms with Crippen LogP contribution in [-0.4, -0.2) is 37.4 Å². The molecule has 0 saturated heterocycles. The van der Waals surface area contributed by atoms with Gasteiger partial charge < -0.3 is 19.9 Å². The fourth-order valence-electron chi connectivity index (χ4n) is 2.64. The molecule has 0 heterocycles. The minimum atomic E-state index is -0.794. The Morgan fingerprint density at radius 1 is 1.32 bits per heavy atom. The van der Waals surface area contributed by atoms with Gasteiger partial charge in [-0.3, -0.25) is 4.79 Å². The normalized spacial score (nSPS) is 13.5. The fraction of sp³-hybridized carbons (Fsp3) is 0.588. The Labute approximate surface area is 132 Å². The molecule has 22 heavy (non-hydrogen) atoms. The summed E-state index contributed by atoms with van der Waals surface area (Å²) < 4.78 is 10.7. The van der Waals surface area contributed by atoms with Crippen molar-refractivity contribution in [3.05, 3.63) is 23.3 Å². The van der Waals surface area contributed by atoms with E-state index in [1.54, 1.807) is 14.2 Å². The molecule has 2 atom stereocenters. The highest BCUT2D eigenvalue weighted by molar-refractivity contribution is 5.73. The molecule has 1 aromatic rings. The van der Waals surface area contributed by atoms with Crippen molar-refractivity contribution in [1.29, 1.82) is 0 Å². The number of carbonyl (C=O) groups is 1. The molecule has 0 aliphatic carbocycles. The molecule has 124 valence electrons. The number of benzene rings is 1. The minimum absolute atomic E-state index is 0.0597. The second kappa shape index (κ2) is 8.63. The van der Waals surface area contributed by atoms with Gasteiger partial charge >= 0.3 is 5.97 Å². The lowest BCUT2D eigenvalue weighted by atomic mass is 9.99. The summed E-state index contributed by atoms with van der Waals surface area (Å²) in [6.45, 7) is 5.98. The molecule has 1 rings (SSSR count). The lowest BCUT2D eigenvalue weighted by Gasteiger charge is -2.21. The number of ether oxygens (including phenoxy) is 2. The molecule has 0 aromatic heterocycles. The van der Waals surface area contributed by atoms with Crippen LogP contribution in [0.3, 0.4) is 0 Å². The average molecular weight is 309 g/mol. The van der Waals surface area contributed by atoms with Gasteiger partial charge in [0.25, 0.3) is 0 Å². The number of rotatable bonds is 9. The van der Waals surface area contributed by atoms with Crippen LogP contribution in [0, 0.1) is 6.92 Å². The van der Waals surface area contributed by atoms with Crippen molar-refractivity contribution >= 4 is 5.97 Å². The van der Waals surface area contributed by atoms with Gasteiger partial charge in [-0.1, -0.05) is 19.4 Å². The molecule has 0 aliphatic rings. The smallest absolute Gasteiger partial charge is 0.320 e. The van der Waals surface area contributed by atoms with E-state index in [1.807, 2.05) is 32.9 Å². The zero-order valence-electron chi connectivity index (χ0n) is 14.1. The highest BCUT2D eigenvalue weighted by atomic mass is 16.5. The summed E-state index contributed by atoms with van der Waals surface area (Å²) >= 11 is 0. The molecular formula is C17H27NO4. The van der Waals surface area contributed by atoms with Crippen LogP contribution < -0.4 is 14.8 Å². The number of methoxy groups -OCH3 is 2. The largest absolute Gasteiger partial charge is 0.493 e. The van der Waals surface area contributed by atoms with E-state index < -0.39 is 12.0 Å². The molecular weight excluding hydrogens is 282 g/mol. The van der Waals surface area contributed by atoms with E-state index in [-0.39, 0.29) is 6.04 Å². The van der Waals surface area contributed by atoms with Gasteiger partial charge in [-0.2, -0.15) is 0 Å². The van der Waals surface area contributed by atoms with Gasteiger partial charge in [-0.05, 0) is 43.9 Å². The van der Waals surface area contributed by atoms with E-state index in [0.29, 0.717) is 12.2 Å². The zero-order chi connectivity index (χ0) is 16.7. The van der Waals surface area contributed by atoms with Crippen LogP contribution in [0.1, 0.15) is 37.8 Å². The monoisotopic (exact) mass is 309 g/mol. The Morgan fingerprint density at radius 2 is 2.00 bits per heavy atom. The molecule has 0 bridgehead atoms. The van der Waals surface area contributed by atoms with Crippen LogP contribution in [0.4, 0.5) is 0 Å². The Hall–Kier alpha value is -1.75. The maximum atomic E-state index is 11.2. The van der Waals surface area contributed by atoms with E-state index in [1.165, 1.54) is 0 Å². The molecule has 0 fully saturated rings. The Kier molecular flexibility index (Phi) is 7.18. The highest BCUT2D eigenvalue weighted by Crippen LogP contribution is 2.33. The Balaban J connectivity index is 2.83. The lowest BCUT2D eigenvalue weighted by Crippen LogP contribution is -2.42. The molecule has 5 heteroatoms. The summed E-state index contributed by atoms with van der Waals surface area (Å²) in [6, 6.07) is 3.45. The summed E-state index contributed by atoms with van der Waals surface area (Å²) in [4.78, 5) is 11.2. The van der Waals surface area contributed by atoms with Crippen molar-refractivity contribution in [1.82, 2.24) is 5.32 Å². The van der Waals surface area contributed by atoms with Gasteiger partial charge in [-0.25, -0.2) is 0 Å². The number of aliphatic carboxylic acids is 1. The standard InChI is InChI=1S/C17H27NO4/c1-6-7-14(17(19)20)18-11(2)10-13-8-9-15(21-4)16(22-5)12(13)3/h8-9,11,14,18H,6-7,10H2,1-5H3,(H,19,20). The third kappa shape index (κ3) is 4.63. The van der Waals surface area contributed by atoms with Gasteiger partial charge in [0.05, 0.1) is 14.2 Å². The van der Waals surface area contributed by atoms with E-state index >= 15 is 0 Å². The maximum Gasteiger partial charge on any atom is 0.320 e. The zero-order valence-corrected chi connectivity index (χ0v) is 14.1. The molecule has 0 saturated carbocycles. The van der Waals surface area contributed by atoms with Gasteiger partial charge in [0, 0.05) is 6.04 Å². The van der Waals surface area contributed by atoms with Gasteiger partial charge in [0.15, 0.2) is 11.5 Å². The number of carboxylic acids is 1. The first-order chi connectivity index (χ1) is 10.4. The van der Waals surface area contributed by atoms with Gasteiger partial charge in [-0.15, -0.1) is 0 Å². The first-order valence-electron chi connectivity index (χ1n) is 7.63. The third-order valence-corrected chi connectivity index (χ3v) is 3.79. The van der Waals surface area contributed by atoms with Crippen LogP contribution in [0.2, 0.25) is 0 Å². The predicted molar refractivity (Wildman–Crippen MR) is 86.9 cm³/mol. The summed E-state index contributed by atoms with van der Waals surface area (Å²) in [6.07, 6.45) is 2.20. The second-order valence-corrected chi connectivity index (χ2v) is 5.54. The topological polar surface area (TPSA) is 67.8 Å². The second-order valence-electron chi connectivity index (χ2n) is 5.54. The van der Waals surface area contributed by atoms with Crippen molar-refractivity contribution in [3.63, 3.8) is 0 Å². The number of nitrogens with one attached hydrogen (secondary N) is 1. The van der Waals surface area contributed by atoms with Crippen molar-refractivity contribution in [3.8, 4) is 11.5 Å². The van der Waals surface area contributed by atoms with Crippen LogP contribution in [-0.2, 0) is 11.2 Å². The van der Waals surface area contributed by atoms with E-state index in [4.69, 9.17) is 9.47 Å². The molecule has 0 amide bonds. The minimum Gasteiger partial charge on any atom is -0.493 e. The first kappa shape index (κ1) is 18.3. The average Bonchev–Trinajstić information content (AvgIpc) is 2.48. The SMILES string of the molecule is CCCC(NC(C)Cc1ccc(OC)c(OC)c1C)C(=O)O. The fourth-order valence-corrected chi connectivity index (χ4v) is 2.64. The summed E-state index contributed by atoms with van der Waals surface area (Å²) in [5.41, 5.74) is 2.15. The van der Waals surface area contributed by atoms with E-state index in [2.05, 4.69) is 5.32 Å². The summed E-state index contributed by atoms with van der Waals surface area (Å²) in [5, 5.41) is 12.4. The third-order valence-electron chi connectivity index (χ3n) is 3.79. The molecule has 2 N–H and O–H groups in total. The summed E-state index contributed by atoms with van der Waals surface area (Å²) in [7, 11) is 3.24. The number of hydrogen-bond donors (Lipinski definition) is 2.